The van der Waals surface area contributed by atoms with Crippen molar-refractivity contribution in [2.24, 2.45) is 5.10 Å². The highest BCUT2D eigenvalue weighted by Crippen LogP contribution is 2.23. The van der Waals surface area contributed by atoms with Crippen LogP contribution in [0.25, 0.3) is 16.9 Å². The molecular formula is C24H19FN4O. The predicted octanol–water partition coefficient (Wildman–Crippen LogP) is 4.83. The number of hydrazone groups is 1. The first-order valence-corrected chi connectivity index (χ1v) is 9.43. The van der Waals surface area contributed by atoms with Crippen molar-refractivity contribution >= 4 is 11.6 Å². The van der Waals surface area contributed by atoms with Crippen LogP contribution in [0.4, 0.5) is 4.39 Å². The molecule has 0 radical (unpaired) electrons. The van der Waals surface area contributed by atoms with Gasteiger partial charge in [-0.1, -0.05) is 66.7 Å². The fraction of sp³-hybridized carbons (Fsp3) is 0.0417. The summed E-state index contributed by atoms with van der Waals surface area (Å²) in [5, 5.41) is 8.71. The van der Waals surface area contributed by atoms with Gasteiger partial charge in [-0.05, 0) is 25.1 Å². The maximum absolute atomic E-state index is 14.0. The summed E-state index contributed by atoms with van der Waals surface area (Å²) in [4.78, 5) is 12.9. The van der Waals surface area contributed by atoms with Gasteiger partial charge >= 0.3 is 0 Å². The van der Waals surface area contributed by atoms with Crippen LogP contribution >= 0.6 is 0 Å². The maximum Gasteiger partial charge on any atom is 0.275 e. The van der Waals surface area contributed by atoms with E-state index in [-0.39, 0.29) is 0 Å². The Bertz CT molecular complexity index is 1200. The molecule has 0 aliphatic heterocycles. The zero-order valence-corrected chi connectivity index (χ0v) is 16.3. The largest absolute Gasteiger partial charge is 0.275 e. The van der Waals surface area contributed by atoms with Gasteiger partial charge in [-0.25, -0.2) is 14.5 Å². The van der Waals surface area contributed by atoms with E-state index in [1.165, 1.54) is 6.07 Å². The van der Waals surface area contributed by atoms with Crippen LogP contribution in [0, 0.1) is 5.82 Å². The lowest BCUT2D eigenvalue weighted by Crippen LogP contribution is -2.20. The Kier molecular flexibility index (Phi) is 5.48. The molecule has 0 aliphatic carbocycles. The molecule has 0 spiro atoms. The molecule has 0 saturated heterocycles. The van der Waals surface area contributed by atoms with E-state index < -0.39 is 11.7 Å². The molecule has 6 heteroatoms. The van der Waals surface area contributed by atoms with Crippen LogP contribution in [0.15, 0.2) is 96.2 Å². The van der Waals surface area contributed by atoms with E-state index in [1.54, 1.807) is 36.0 Å². The standard InChI is InChI=1S/C24H19FN4O/c1-17(20-14-8-9-15-22(20)25)26-27-24(30)21-16-29(19-12-6-3-7-13-19)28-23(21)18-10-4-2-5-11-18/h2-16H,1H3,(H,27,30)/b26-17-. The Morgan fingerprint density at radius 1 is 0.900 bits per heavy atom. The molecule has 0 bridgehead atoms. The highest BCUT2D eigenvalue weighted by atomic mass is 19.1. The molecule has 148 valence electrons. The van der Waals surface area contributed by atoms with Crippen molar-refractivity contribution in [1.82, 2.24) is 15.2 Å². The van der Waals surface area contributed by atoms with Crippen LogP contribution in [0.3, 0.4) is 0 Å². The summed E-state index contributed by atoms with van der Waals surface area (Å²) in [6, 6.07) is 25.3. The topological polar surface area (TPSA) is 59.3 Å². The summed E-state index contributed by atoms with van der Waals surface area (Å²) in [7, 11) is 0. The molecule has 30 heavy (non-hydrogen) atoms. The van der Waals surface area contributed by atoms with Crippen LogP contribution in [0.1, 0.15) is 22.8 Å². The van der Waals surface area contributed by atoms with Crippen molar-refractivity contribution in [1.29, 1.82) is 0 Å². The molecule has 0 atom stereocenters. The molecule has 0 saturated carbocycles. The van der Waals surface area contributed by atoms with Crippen molar-refractivity contribution in [3.63, 3.8) is 0 Å². The monoisotopic (exact) mass is 398 g/mol. The Labute approximate surface area is 173 Å². The van der Waals surface area contributed by atoms with Gasteiger partial charge in [0.2, 0.25) is 0 Å². The van der Waals surface area contributed by atoms with Crippen molar-refractivity contribution in [2.75, 3.05) is 0 Å². The van der Waals surface area contributed by atoms with E-state index in [9.17, 15) is 9.18 Å². The second kappa shape index (κ2) is 8.53. The first kappa shape index (κ1) is 19.3. The number of benzene rings is 3. The first-order chi connectivity index (χ1) is 14.6. The molecule has 0 fully saturated rings. The lowest BCUT2D eigenvalue weighted by Gasteiger charge is -2.04. The van der Waals surface area contributed by atoms with Gasteiger partial charge in [-0.15, -0.1) is 0 Å². The van der Waals surface area contributed by atoms with Crippen LogP contribution in [0.2, 0.25) is 0 Å². The summed E-state index contributed by atoms with van der Waals surface area (Å²) in [5.74, 6) is -0.818. The first-order valence-electron chi connectivity index (χ1n) is 9.43. The van der Waals surface area contributed by atoms with Gasteiger partial charge in [-0.3, -0.25) is 4.79 Å². The lowest BCUT2D eigenvalue weighted by atomic mass is 10.1. The van der Waals surface area contributed by atoms with Gasteiger partial charge < -0.3 is 0 Å². The van der Waals surface area contributed by atoms with Crippen LogP contribution in [-0.2, 0) is 0 Å². The molecule has 1 aromatic heterocycles. The molecule has 0 aliphatic rings. The maximum atomic E-state index is 14.0. The van der Waals surface area contributed by atoms with Gasteiger partial charge in [0.15, 0.2) is 0 Å². The van der Waals surface area contributed by atoms with Crippen molar-refractivity contribution in [3.05, 3.63) is 108 Å². The molecule has 0 unspecified atom stereocenters. The smallest absolute Gasteiger partial charge is 0.267 e. The van der Waals surface area contributed by atoms with Crippen molar-refractivity contribution in [2.45, 2.75) is 6.92 Å². The molecule has 1 N–H and O–H groups in total. The summed E-state index contributed by atoms with van der Waals surface area (Å²) in [6.07, 6.45) is 1.67. The fourth-order valence-corrected chi connectivity index (χ4v) is 3.07. The number of aromatic nitrogens is 2. The Morgan fingerprint density at radius 3 is 2.23 bits per heavy atom. The van der Waals surface area contributed by atoms with Crippen LogP contribution in [0.5, 0.6) is 0 Å². The normalized spacial score (nSPS) is 11.3. The minimum atomic E-state index is -0.424. The third-order valence-corrected chi connectivity index (χ3v) is 4.62. The predicted molar refractivity (Wildman–Crippen MR) is 115 cm³/mol. The minimum absolute atomic E-state index is 0.334. The number of halogens is 1. The number of nitrogens with one attached hydrogen (secondary N) is 1. The number of para-hydroxylation sites is 1. The van der Waals surface area contributed by atoms with E-state index in [2.05, 4.69) is 15.6 Å². The molecule has 5 nitrogen and oxygen atoms in total. The van der Waals surface area contributed by atoms with E-state index in [1.807, 2.05) is 60.7 Å². The van der Waals surface area contributed by atoms with Crippen molar-refractivity contribution < 1.29 is 9.18 Å². The second-order valence-corrected chi connectivity index (χ2v) is 6.66. The Hall–Kier alpha value is -4.06. The van der Waals surface area contributed by atoms with E-state index in [0.717, 1.165) is 11.3 Å². The Balaban J connectivity index is 1.68. The highest BCUT2D eigenvalue weighted by Gasteiger charge is 2.18. The average molecular weight is 398 g/mol. The molecule has 1 amide bonds. The van der Waals surface area contributed by atoms with Gasteiger partial charge in [0.05, 0.1) is 17.0 Å². The number of nitrogens with zero attached hydrogens (tertiary/aromatic N) is 3. The summed E-state index contributed by atoms with van der Waals surface area (Å²) in [6.45, 7) is 1.64. The van der Waals surface area contributed by atoms with Crippen molar-refractivity contribution in [3.8, 4) is 16.9 Å². The molecule has 4 aromatic rings. The zero-order valence-electron chi connectivity index (χ0n) is 16.3. The summed E-state index contributed by atoms with van der Waals surface area (Å²) < 4.78 is 15.6. The molecule has 1 heterocycles. The summed E-state index contributed by atoms with van der Waals surface area (Å²) >= 11 is 0. The SMILES string of the molecule is C/C(=N/NC(=O)c1cn(-c2ccccc2)nc1-c1ccccc1)c1ccccc1F. The highest BCUT2D eigenvalue weighted by molar-refractivity contribution is 6.03. The quantitative estimate of drug-likeness (QED) is 0.387. The van der Waals surface area contributed by atoms with Gasteiger partial charge in [-0.2, -0.15) is 10.2 Å². The third kappa shape index (κ3) is 4.03. The summed E-state index contributed by atoms with van der Waals surface area (Å²) in [5.41, 5.74) is 5.79. The molecular weight excluding hydrogens is 379 g/mol. The number of carbonyl (C=O) groups is 1. The number of amides is 1. The van der Waals surface area contributed by atoms with Gasteiger partial charge in [0.25, 0.3) is 5.91 Å². The van der Waals surface area contributed by atoms with Crippen LogP contribution in [-0.4, -0.2) is 21.4 Å². The van der Waals surface area contributed by atoms with E-state index in [0.29, 0.717) is 22.5 Å². The number of rotatable bonds is 5. The molecule has 3 aromatic carbocycles. The lowest BCUT2D eigenvalue weighted by molar-refractivity contribution is 0.0955. The minimum Gasteiger partial charge on any atom is -0.267 e. The Morgan fingerprint density at radius 2 is 1.53 bits per heavy atom. The number of carbonyl (C=O) groups excluding carboxylic acids is 1. The zero-order chi connectivity index (χ0) is 20.9. The van der Waals surface area contributed by atoms with Gasteiger partial charge in [0, 0.05) is 17.3 Å². The number of hydrogen-bond donors (Lipinski definition) is 1. The van der Waals surface area contributed by atoms with Crippen LogP contribution < -0.4 is 5.43 Å². The van der Waals surface area contributed by atoms with E-state index in [4.69, 9.17) is 0 Å². The molecule has 4 rings (SSSR count). The average Bonchev–Trinajstić information content (AvgIpc) is 3.24. The number of hydrogen-bond acceptors (Lipinski definition) is 3. The van der Waals surface area contributed by atoms with Gasteiger partial charge in [0.1, 0.15) is 11.5 Å². The second-order valence-electron chi connectivity index (χ2n) is 6.66. The fourth-order valence-electron chi connectivity index (χ4n) is 3.07. The van der Waals surface area contributed by atoms with E-state index >= 15 is 0 Å². The third-order valence-electron chi connectivity index (χ3n) is 4.62.